The van der Waals surface area contributed by atoms with Gasteiger partial charge in [0.1, 0.15) is 6.10 Å². The molecule has 82 valence electrons. The molecule has 0 aromatic heterocycles. The quantitative estimate of drug-likeness (QED) is 0.704. The number of hydrogen-bond acceptors (Lipinski definition) is 4. The van der Waals surface area contributed by atoms with E-state index >= 15 is 0 Å². The van der Waals surface area contributed by atoms with Crippen LogP contribution in [-0.4, -0.2) is 32.0 Å². The molecule has 0 amide bonds. The van der Waals surface area contributed by atoms with Crippen molar-refractivity contribution >= 4 is 6.16 Å². The molecule has 4 heteroatoms. The summed E-state index contributed by atoms with van der Waals surface area (Å²) in [5, 5.41) is 3.17. The molecule has 14 heavy (non-hydrogen) atoms. The molecule has 1 saturated heterocycles. The van der Waals surface area contributed by atoms with E-state index in [-0.39, 0.29) is 6.10 Å². The predicted molar refractivity (Wildman–Crippen MR) is 53.2 cm³/mol. The molecule has 0 aromatic carbocycles. The lowest BCUT2D eigenvalue weighted by atomic mass is 10.1. The minimum absolute atomic E-state index is 0.0107. The van der Waals surface area contributed by atoms with Crippen molar-refractivity contribution in [2.45, 2.75) is 32.8 Å². The number of piperidine rings is 1. The van der Waals surface area contributed by atoms with Gasteiger partial charge in [0.05, 0.1) is 6.61 Å². The van der Waals surface area contributed by atoms with Crippen LogP contribution in [0, 0.1) is 5.92 Å². The first-order valence-corrected chi connectivity index (χ1v) is 5.22. The molecular weight excluding hydrogens is 182 g/mol. The van der Waals surface area contributed by atoms with Crippen molar-refractivity contribution in [2.24, 2.45) is 5.92 Å². The Hall–Kier alpha value is -0.770. The van der Waals surface area contributed by atoms with Crippen molar-refractivity contribution in [1.82, 2.24) is 5.32 Å². The van der Waals surface area contributed by atoms with Crippen LogP contribution in [0.1, 0.15) is 26.7 Å². The van der Waals surface area contributed by atoms with Gasteiger partial charge in [-0.1, -0.05) is 13.8 Å². The Labute approximate surface area is 85.0 Å². The Bertz CT molecular complexity index is 176. The molecule has 0 bridgehead atoms. The number of carbonyl (C=O) groups excluding carboxylic acids is 1. The lowest BCUT2D eigenvalue weighted by Gasteiger charge is -2.22. The zero-order chi connectivity index (χ0) is 10.4. The van der Waals surface area contributed by atoms with Crippen molar-refractivity contribution in [2.75, 3.05) is 19.7 Å². The van der Waals surface area contributed by atoms with Crippen LogP contribution < -0.4 is 5.32 Å². The zero-order valence-electron chi connectivity index (χ0n) is 8.91. The molecule has 1 aliphatic rings. The highest BCUT2D eigenvalue weighted by Crippen LogP contribution is 2.07. The van der Waals surface area contributed by atoms with Crippen LogP contribution >= 0.6 is 0 Å². The van der Waals surface area contributed by atoms with E-state index in [9.17, 15) is 4.79 Å². The van der Waals surface area contributed by atoms with Gasteiger partial charge < -0.3 is 14.8 Å². The largest absolute Gasteiger partial charge is 0.508 e. The van der Waals surface area contributed by atoms with Gasteiger partial charge in [-0.2, -0.15) is 0 Å². The average molecular weight is 201 g/mol. The third kappa shape index (κ3) is 4.46. The summed E-state index contributed by atoms with van der Waals surface area (Å²) in [6.45, 7) is 6.18. The van der Waals surface area contributed by atoms with Gasteiger partial charge in [0.15, 0.2) is 0 Å². The van der Waals surface area contributed by atoms with Crippen molar-refractivity contribution in [3.8, 4) is 0 Å². The van der Waals surface area contributed by atoms with Crippen LogP contribution in [0.15, 0.2) is 0 Å². The summed E-state index contributed by atoms with van der Waals surface area (Å²) in [6.07, 6.45) is 1.45. The topological polar surface area (TPSA) is 47.6 Å². The highest BCUT2D eigenvalue weighted by molar-refractivity contribution is 5.60. The molecule has 1 rings (SSSR count). The van der Waals surface area contributed by atoms with Gasteiger partial charge in [0.25, 0.3) is 0 Å². The van der Waals surface area contributed by atoms with Gasteiger partial charge in [-0.25, -0.2) is 4.79 Å². The molecule has 1 heterocycles. The highest BCUT2D eigenvalue weighted by atomic mass is 16.7. The second kappa shape index (κ2) is 5.86. The highest BCUT2D eigenvalue weighted by Gasteiger charge is 2.18. The van der Waals surface area contributed by atoms with E-state index in [4.69, 9.17) is 9.47 Å². The molecule has 0 spiro atoms. The van der Waals surface area contributed by atoms with E-state index < -0.39 is 6.16 Å². The summed E-state index contributed by atoms with van der Waals surface area (Å²) in [5.74, 6) is 0.354. The summed E-state index contributed by atoms with van der Waals surface area (Å²) >= 11 is 0. The maximum absolute atomic E-state index is 11.1. The molecule has 4 nitrogen and oxygen atoms in total. The number of carbonyl (C=O) groups is 1. The van der Waals surface area contributed by atoms with Crippen LogP contribution in [0.25, 0.3) is 0 Å². The molecule has 1 N–H and O–H groups in total. The van der Waals surface area contributed by atoms with Crippen molar-refractivity contribution in [3.05, 3.63) is 0 Å². The maximum Gasteiger partial charge on any atom is 0.508 e. The van der Waals surface area contributed by atoms with E-state index in [1.165, 1.54) is 0 Å². The molecule has 0 aliphatic carbocycles. The minimum Gasteiger partial charge on any atom is -0.434 e. The van der Waals surface area contributed by atoms with Gasteiger partial charge in [-0.3, -0.25) is 0 Å². The second-order valence-corrected chi connectivity index (χ2v) is 4.04. The Kier molecular flexibility index (Phi) is 4.73. The van der Waals surface area contributed by atoms with Gasteiger partial charge in [0, 0.05) is 6.54 Å². The van der Waals surface area contributed by atoms with Gasteiger partial charge in [0.2, 0.25) is 0 Å². The third-order valence-corrected chi connectivity index (χ3v) is 2.05. The molecule has 1 aliphatic heterocycles. The third-order valence-electron chi connectivity index (χ3n) is 2.05. The van der Waals surface area contributed by atoms with E-state index in [1.54, 1.807) is 0 Å². The van der Waals surface area contributed by atoms with E-state index in [2.05, 4.69) is 5.32 Å². The molecule has 0 aromatic rings. The zero-order valence-corrected chi connectivity index (χ0v) is 8.91. The number of hydrogen-bond donors (Lipinski definition) is 1. The monoisotopic (exact) mass is 201 g/mol. The Morgan fingerprint density at radius 3 is 2.93 bits per heavy atom. The summed E-state index contributed by atoms with van der Waals surface area (Å²) in [6, 6.07) is 0. The summed E-state index contributed by atoms with van der Waals surface area (Å²) in [7, 11) is 0. The summed E-state index contributed by atoms with van der Waals surface area (Å²) in [5.41, 5.74) is 0. The summed E-state index contributed by atoms with van der Waals surface area (Å²) in [4.78, 5) is 11.1. The van der Waals surface area contributed by atoms with Crippen LogP contribution in [0.5, 0.6) is 0 Å². The van der Waals surface area contributed by atoms with Gasteiger partial charge in [-0.05, 0) is 25.3 Å². The lowest BCUT2D eigenvalue weighted by Crippen LogP contribution is -2.36. The Balaban J connectivity index is 2.12. The first-order valence-electron chi connectivity index (χ1n) is 5.22. The molecular formula is C10H19NO3. The van der Waals surface area contributed by atoms with E-state index in [1.807, 2.05) is 13.8 Å². The van der Waals surface area contributed by atoms with E-state index in [0.717, 1.165) is 25.9 Å². The van der Waals surface area contributed by atoms with Gasteiger partial charge in [-0.15, -0.1) is 0 Å². The molecule has 1 fully saturated rings. The predicted octanol–water partition coefficient (Wildman–Crippen LogP) is 1.55. The SMILES string of the molecule is CC(C)COC(=O)O[C@H]1CCCNC1. The number of ether oxygens (including phenoxy) is 2. The Morgan fingerprint density at radius 1 is 1.57 bits per heavy atom. The lowest BCUT2D eigenvalue weighted by molar-refractivity contribution is 0.0106. The fraction of sp³-hybridized carbons (Fsp3) is 0.900. The van der Waals surface area contributed by atoms with Gasteiger partial charge >= 0.3 is 6.16 Å². The van der Waals surface area contributed by atoms with Crippen molar-refractivity contribution < 1.29 is 14.3 Å². The van der Waals surface area contributed by atoms with Crippen LogP contribution in [0.2, 0.25) is 0 Å². The molecule has 0 radical (unpaired) electrons. The minimum atomic E-state index is -0.535. The fourth-order valence-electron chi connectivity index (χ4n) is 1.33. The maximum atomic E-state index is 11.1. The molecule has 1 atom stereocenters. The Morgan fingerprint density at radius 2 is 2.36 bits per heavy atom. The number of rotatable bonds is 3. The first-order chi connectivity index (χ1) is 6.68. The fourth-order valence-corrected chi connectivity index (χ4v) is 1.33. The molecule has 0 unspecified atom stereocenters. The normalized spacial score (nSPS) is 22.1. The standard InChI is InChI=1S/C10H19NO3/c1-8(2)7-13-10(12)14-9-4-3-5-11-6-9/h8-9,11H,3-7H2,1-2H3/t9-/m0/s1. The second-order valence-electron chi connectivity index (χ2n) is 4.04. The van der Waals surface area contributed by atoms with Crippen LogP contribution in [0.3, 0.4) is 0 Å². The smallest absolute Gasteiger partial charge is 0.434 e. The van der Waals surface area contributed by atoms with Crippen molar-refractivity contribution in [1.29, 1.82) is 0 Å². The van der Waals surface area contributed by atoms with Crippen LogP contribution in [-0.2, 0) is 9.47 Å². The number of nitrogens with one attached hydrogen (secondary N) is 1. The first kappa shape index (κ1) is 11.3. The summed E-state index contributed by atoms with van der Waals surface area (Å²) < 4.78 is 10.0. The van der Waals surface area contributed by atoms with Crippen LogP contribution in [0.4, 0.5) is 4.79 Å². The van der Waals surface area contributed by atoms with E-state index in [0.29, 0.717) is 12.5 Å². The van der Waals surface area contributed by atoms with Crippen molar-refractivity contribution in [3.63, 3.8) is 0 Å². The average Bonchev–Trinajstić information content (AvgIpc) is 2.16. The molecule has 0 saturated carbocycles.